The van der Waals surface area contributed by atoms with Crippen LogP contribution in [0.2, 0.25) is 0 Å². The molecule has 0 saturated carbocycles. The molecular weight excluding hydrogens is 480 g/mol. The van der Waals surface area contributed by atoms with Crippen molar-refractivity contribution >= 4 is 43.8 Å². The summed E-state index contributed by atoms with van der Waals surface area (Å²) in [6.45, 7) is 13.0. The molecule has 5 rings (SSSR count). The van der Waals surface area contributed by atoms with Crippen molar-refractivity contribution in [1.82, 2.24) is 0 Å². The van der Waals surface area contributed by atoms with Gasteiger partial charge in [0.05, 0.1) is 0 Å². The fourth-order valence-corrected chi connectivity index (χ4v) is 5.36. The molecule has 194 valence electrons. The van der Waals surface area contributed by atoms with E-state index in [1.165, 1.54) is 32.7 Å². The van der Waals surface area contributed by atoms with Crippen LogP contribution in [0.5, 0.6) is 0 Å². The van der Waals surface area contributed by atoms with Gasteiger partial charge < -0.3 is 0 Å². The van der Waals surface area contributed by atoms with E-state index >= 15 is 0 Å². The number of hydrogen-bond acceptors (Lipinski definition) is 0. The third kappa shape index (κ3) is 5.44. The van der Waals surface area contributed by atoms with Crippen molar-refractivity contribution in [3.63, 3.8) is 0 Å². The predicted molar refractivity (Wildman–Crippen MR) is 178 cm³/mol. The second-order valence-electron chi connectivity index (χ2n) is 9.82. The molecule has 0 aliphatic carbocycles. The summed E-state index contributed by atoms with van der Waals surface area (Å²) >= 11 is 0. The Labute approximate surface area is 238 Å². The molecule has 0 heterocycles. The maximum absolute atomic E-state index is 4.43. The predicted octanol–water partition coefficient (Wildman–Crippen LogP) is 11.3. The maximum atomic E-state index is 4.43. The second kappa shape index (κ2) is 12.3. The van der Waals surface area contributed by atoms with Crippen LogP contribution in [0, 0.1) is 0 Å². The van der Waals surface area contributed by atoms with Crippen LogP contribution in [0.3, 0.4) is 0 Å². The molecule has 0 radical (unpaired) electrons. The minimum absolute atomic E-state index is 0.986. The second-order valence-corrected chi connectivity index (χ2v) is 9.82. The molecular formula is C40H34. The Balaban J connectivity index is 1.82. The fourth-order valence-electron chi connectivity index (χ4n) is 5.36. The highest BCUT2D eigenvalue weighted by atomic mass is 14.2. The Bertz CT molecular complexity index is 1610. The monoisotopic (exact) mass is 514 g/mol. The largest absolute Gasteiger partial charge is 0.0911 e. The van der Waals surface area contributed by atoms with Crippen LogP contribution >= 0.6 is 0 Å². The zero-order valence-corrected chi connectivity index (χ0v) is 23.3. The number of rotatable bonds is 8. The van der Waals surface area contributed by atoms with Crippen molar-refractivity contribution in [3.8, 4) is 0 Å². The Morgan fingerprint density at radius 3 is 1.05 bits per heavy atom. The minimum atomic E-state index is 0.986. The quantitative estimate of drug-likeness (QED) is 0.143. The molecule has 5 aromatic carbocycles. The van der Waals surface area contributed by atoms with E-state index in [9.17, 15) is 0 Å². The van der Waals surface area contributed by atoms with Gasteiger partial charge in [0.25, 0.3) is 0 Å². The van der Waals surface area contributed by atoms with Crippen LogP contribution in [-0.4, -0.2) is 0 Å². The van der Waals surface area contributed by atoms with Crippen molar-refractivity contribution in [1.29, 1.82) is 0 Å². The summed E-state index contributed by atoms with van der Waals surface area (Å²) in [6.07, 6.45) is 13.0. The van der Waals surface area contributed by atoms with Crippen LogP contribution in [0.15, 0.2) is 159 Å². The number of benzene rings is 5. The highest BCUT2D eigenvalue weighted by molar-refractivity contribution is 6.18. The molecule has 0 saturated heterocycles. The molecule has 40 heavy (non-hydrogen) atoms. The van der Waals surface area contributed by atoms with Gasteiger partial charge in [0.2, 0.25) is 0 Å². The van der Waals surface area contributed by atoms with Crippen molar-refractivity contribution < 1.29 is 0 Å². The lowest BCUT2D eigenvalue weighted by molar-refractivity contribution is 1.61. The highest BCUT2D eigenvalue weighted by Gasteiger charge is 2.17. The standard InChI is InChI=1S/C40H34/c1-5-17-33(27-29(3)31-19-9-7-10-20-31)39-35-23-13-15-25-37(35)40(38-26-16-14-24-36(38)39)34(18-6-2)28-30(4)32-21-11-8-12-22-32/h5-28H,3-4H2,1-2H3/b17-5-,18-6-,33-27+,34-28+. The first kappa shape index (κ1) is 26.7. The third-order valence-corrected chi connectivity index (χ3v) is 7.15. The van der Waals surface area contributed by atoms with Crippen LogP contribution < -0.4 is 0 Å². The van der Waals surface area contributed by atoms with Crippen molar-refractivity contribution in [3.05, 3.63) is 181 Å². The van der Waals surface area contributed by atoms with E-state index in [1.807, 2.05) is 12.1 Å². The molecule has 0 atom stereocenters. The Hall–Kier alpha value is -4.94. The maximum Gasteiger partial charge on any atom is -0.00263 e. The molecule has 0 N–H and O–H groups in total. The van der Waals surface area contributed by atoms with Crippen LogP contribution in [0.1, 0.15) is 36.1 Å². The van der Waals surface area contributed by atoms with Crippen LogP contribution in [0.4, 0.5) is 0 Å². The summed E-state index contributed by atoms with van der Waals surface area (Å²) in [5, 5.41) is 4.84. The molecule has 0 heteroatoms. The SMILES string of the molecule is C=C(/C=C(\C=C/C)c1c2ccccc2c(C(/C=C\C)=C/C(=C)c2ccccc2)c2ccccc12)c1ccccc1. The zero-order valence-electron chi connectivity index (χ0n) is 23.3. The van der Waals surface area contributed by atoms with Crippen LogP contribution in [0.25, 0.3) is 43.8 Å². The van der Waals surface area contributed by atoms with E-state index in [0.717, 1.165) is 33.4 Å². The summed E-state index contributed by atoms with van der Waals surface area (Å²) in [5.74, 6) is 0. The summed E-state index contributed by atoms with van der Waals surface area (Å²) in [5.41, 5.74) is 8.92. The van der Waals surface area contributed by atoms with Crippen molar-refractivity contribution in [2.45, 2.75) is 13.8 Å². The van der Waals surface area contributed by atoms with Gasteiger partial charge in [-0.2, -0.15) is 0 Å². The lowest BCUT2D eigenvalue weighted by Gasteiger charge is -2.19. The van der Waals surface area contributed by atoms with Crippen molar-refractivity contribution in [2.75, 3.05) is 0 Å². The topological polar surface area (TPSA) is 0 Å². The molecule has 0 bridgehead atoms. The van der Waals surface area contributed by atoms with E-state index in [-0.39, 0.29) is 0 Å². The number of fused-ring (bicyclic) bond motifs is 2. The van der Waals surface area contributed by atoms with Gasteiger partial charge in [-0.1, -0.05) is 147 Å². The van der Waals surface area contributed by atoms with Gasteiger partial charge in [-0.25, -0.2) is 0 Å². The molecule has 0 spiro atoms. The van der Waals surface area contributed by atoms with E-state index in [1.54, 1.807) is 0 Å². The molecule has 5 aromatic rings. The smallest absolute Gasteiger partial charge is 0.00263 e. The van der Waals surface area contributed by atoms with Gasteiger partial charge >= 0.3 is 0 Å². The zero-order chi connectivity index (χ0) is 27.9. The first-order valence-electron chi connectivity index (χ1n) is 13.7. The van der Waals surface area contributed by atoms with E-state index in [4.69, 9.17) is 0 Å². The number of allylic oxidation sites excluding steroid dienone is 10. The average Bonchev–Trinajstić information content (AvgIpc) is 3.00. The summed E-state index contributed by atoms with van der Waals surface area (Å²) in [4.78, 5) is 0. The average molecular weight is 515 g/mol. The van der Waals surface area contributed by atoms with E-state index in [0.29, 0.717) is 0 Å². The summed E-state index contributed by atoms with van der Waals surface area (Å²) < 4.78 is 0. The minimum Gasteiger partial charge on any atom is -0.0911 e. The summed E-state index contributed by atoms with van der Waals surface area (Å²) in [7, 11) is 0. The van der Waals surface area contributed by atoms with Gasteiger partial charge in [-0.3, -0.25) is 0 Å². The number of hydrogen-bond donors (Lipinski definition) is 0. The van der Waals surface area contributed by atoms with E-state index in [2.05, 4.69) is 161 Å². The molecule has 0 aromatic heterocycles. The van der Waals surface area contributed by atoms with Gasteiger partial charge in [0.1, 0.15) is 0 Å². The Morgan fingerprint density at radius 1 is 0.450 bits per heavy atom. The van der Waals surface area contributed by atoms with Gasteiger partial charge in [-0.05, 0) is 92.1 Å². The molecule has 0 nitrogen and oxygen atoms in total. The fraction of sp³-hybridized carbons (Fsp3) is 0.0500. The molecule has 0 aliphatic rings. The van der Waals surface area contributed by atoms with Gasteiger partial charge in [0, 0.05) is 0 Å². The molecule has 0 aliphatic heterocycles. The lowest BCUT2D eigenvalue weighted by Crippen LogP contribution is -1.95. The third-order valence-electron chi connectivity index (χ3n) is 7.15. The normalized spacial score (nSPS) is 12.6. The first-order chi connectivity index (χ1) is 19.6. The Morgan fingerprint density at radius 2 is 0.750 bits per heavy atom. The van der Waals surface area contributed by atoms with Crippen LogP contribution in [-0.2, 0) is 0 Å². The van der Waals surface area contributed by atoms with Gasteiger partial charge in [0.15, 0.2) is 0 Å². The Kier molecular flexibility index (Phi) is 8.18. The lowest BCUT2D eigenvalue weighted by atomic mass is 9.84. The van der Waals surface area contributed by atoms with Crippen molar-refractivity contribution in [2.24, 2.45) is 0 Å². The summed E-state index contributed by atoms with van der Waals surface area (Å²) in [6, 6.07) is 38.2. The molecule has 0 fully saturated rings. The van der Waals surface area contributed by atoms with Gasteiger partial charge in [-0.15, -0.1) is 0 Å². The molecule has 0 amide bonds. The molecule has 0 unspecified atom stereocenters. The van der Waals surface area contributed by atoms with E-state index < -0.39 is 0 Å². The highest BCUT2D eigenvalue weighted by Crippen LogP contribution is 2.41. The first-order valence-corrected chi connectivity index (χ1v) is 13.7.